The minimum Gasteiger partial charge on any atom is -0.406 e. The number of hydrogen-bond donors (Lipinski definition) is 0. The average Bonchev–Trinajstić information content (AvgIpc) is 2.38. The molecule has 106 valence electrons. The van der Waals surface area contributed by atoms with Gasteiger partial charge in [0.2, 0.25) is 9.84 Å². The summed E-state index contributed by atoms with van der Waals surface area (Å²) in [6, 6.07) is 11.7. The van der Waals surface area contributed by atoms with E-state index in [1.165, 1.54) is 36.4 Å². The number of ether oxygens (including phenoxy) is 1. The van der Waals surface area contributed by atoms with E-state index >= 15 is 0 Å². The molecular formula is C13H9F3O3S. The van der Waals surface area contributed by atoms with Gasteiger partial charge in [-0.05, 0) is 30.3 Å². The minimum atomic E-state index is -4.87. The molecule has 0 spiro atoms. The molecule has 2 rings (SSSR count). The highest BCUT2D eigenvalue weighted by Gasteiger charge is 2.31. The van der Waals surface area contributed by atoms with Crippen molar-refractivity contribution in [3.8, 4) is 5.75 Å². The first kappa shape index (κ1) is 14.4. The van der Waals surface area contributed by atoms with Gasteiger partial charge < -0.3 is 4.74 Å². The van der Waals surface area contributed by atoms with Crippen molar-refractivity contribution in [1.82, 2.24) is 0 Å². The van der Waals surface area contributed by atoms with Crippen LogP contribution in [-0.4, -0.2) is 14.8 Å². The topological polar surface area (TPSA) is 43.4 Å². The van der Waals surface area contributed by atoms with E-state index in [1.54, 1.807) is 6.07 Å². The molecule has 0 unspecified atom stereocenters. The monoisotopic (exact) mass is 302 g/mol. The summed E-state index contributed by atoms with van der Waals surface area (Å²) in [6.07, 6.45) is -4.87. The summed E-state index contributed by atoms with van der Waals surface area (Å²) in [6.45, 7) is 0. The quantitative estimate of drug-likeness (QED) is 0.872. The van der Waals surface area contributed by atoms with Crippen molar-refractivity contribution in [1.29, 1.82) is 0 Å². The van der Waals surface area contributed by atoms with Gasteiger partial charge in [-0.1, -0.05) is 24.3 Å². The number of rotatable bonds is 3. The molecule has 2 aromatic rings. The van der Waals surface area contributed by atoms with Crippen molar-refractivity contribution in [3.05, 3.63) is 54.6 Å². The lowest BCUT2D eigenvalue weighted by Crippen LogP contribution is -2.17. The van der Waals surface area contributed by atoms with E-state index in [4.69, 9.17) is 0 Å². The van der Waals surface area contributed by atoms with E-state index in [-0.39, 0.29) is 9.79 Å². The first-order chi connectivity index (χ1) is 9.29. The summed E-state index contributed by atoms with van der Waals surface area (Å²) in [5.74, 6) is -0.575. The lowest BCUT2D eigenvalue weighted by Gasteiger charge is -2.10. The van der Waals surface area contributed by atoms with Crippen molar-refractivity contribution >= 4 is 9.84 Å². The third kappa shape index (κ3) is 3.30. The molecule has 0 aliphatic rings. The first-order valence-corrected chi connectivity index (χ1v) is 6.93. The number of halogens is 3. The summed E-state index contributed by atoms with van der Waals surface area (Å²) < 4.78 is 64.5. The highest BCUT2D eigenvalue weighted by atomic mass is 32.2. The normalized spacial score (nSPS) is 12.2. The Morgan fingerprint density at radius 3 is 2.05 bits per heavy atom. The van der Waals surface area contributed by atoms with Crippen LogP contribution in [0.25, 0.3) is 0 Å². The number of sulfone groups is 1. The fourth-order valence-electron chi connectivity index (χ4n) is 1.57. The SMILES string of the molecule is O=S(=O)(c1ccccc1)c1cccc(OC(F)(F)F)c1. The summed E-state index contributed by atoms with van der Waals surface area (Å²) in [7, 11) is -3.86. The zero-order chi connectivity index (χ0) is 14.8. The van der Waals surface area contributed by atoms with Crippen molar-refractivity contribution < 1.29 is 26.3 Å². The Labute approximate surface area is 113 Å². The second kappa shape index (κ2) is 5.16. The van der Waals surface area contributed by atoms with Gasteiger partial charge in [0.25, 0.3) is 0 Å². The molecule has 0 bridgehead atoms. The minimum absolute atomic E-state index is 0.00385. The maximum Gasteiger partial charge on any atom is 0.573 e. The van der Waals surface area contributed by atoms with Crippen molar-refractivity contribution in [2.45, 2.75) is 16.2 Å². The molecule has 0 radical (unpaired) electrons. The highest BCUT2D eigenvalue weighted by Crippen LogP contribution is 2.27. The predicted molar refractivity (Wildman–Crippen MR) is 65.0 cm³/mol. The summed E-state index contributed by atoms with van der Waals surface area (Å²) in [5.41, 5.74) is 0. The smallest absolute Gasteiger partial charge is 0.406 e. The Morgan fingerprint density at radius 1 is 0.850 bits per heavy atom. The van der Waals surface area contributed by atoms with Crippen LogP contribution in [0.2, 0.25) is 0 Å². The van der Waals surface area contributed by atoms with Crippen LogP contribution in [0.3, 0.4) is 0 Å². The van der Waals surface area contributed by atoms with Gasteiger partial charge in [-0.3, -0.25) is 0 Å². The Balaban J connectivity index is 2.41. The van der Waals surface area contributed by atoms with Gasteiger partial charge in [0.1, 0.15) is 5.75 Å². The molecule has 0 heterocycles. The van der Waals surface area contributed by atoms with Crippen LogP contribution in [0.4, 0.5) is 13.2 Å². The zero-order valence-electron chi connectivity index (χ0n) is 9.96. The predicted octanol–water partition coefficient (Wildman–Crippen LogP) is 3.42. The average molecular weight is 302 g/mol. The van der Waals surface area contributed by atoms with E-state index in [1.807, 2.05) is 0 Å². The molecule has 3 nitrogen and oxygen atoms in total. The third-order valence-corrected chi connectivity index (χ3v) is 4.17. The molecule has 0 aliphatic heterocycles. The largest absolute Gasteiger partial charge is 0.573 e. The molecule has 0 saturated heterocycles. The van der Waals surface area contributed by atoms with Gasteiger partial charge in [0.15, 0.2) is 0 Å². The number of alkyl halides is 3. The fraction of sp³-hybridized carbons (Fsp3) is 0.0769. The van der Waals surface area contributed by atoms with Crippen molar-refractivity contribution in [2.24, 2.45) is 0 Å². The lowest BCUT2D eigenvalue weighted by atomic mass is 10.3. The Bertz CT molecular complexity index is 694. The van der Waals surface area contributed by atoms with Gasteiger partial charge in [-0.2, -0.15) is 0 Å². The van der Waals surface area contributed by atoms with Crippen molar-refractivity contribution in [3.63, 3.8) is 0 Å². The molecule has 0 fully saturated rings. The van der Waals surface area contributed by atoms with Crippen LogP contribution in [0, 0.1) is 0 Å². The van der Waals surface area contributed by atoms with E-state index in [0.717, 1.165) is 12.1 Å². The molecule has 20 heavy (non-hydrogen) atoms. The summed E-state index contributed by atoms with van der Waals surface area (Å²) >= 11 is 0. The zero-order valence-corrected chi connectivity index (χ0v) is 10.8. The Hall–Kier alpha value is -2.02. The Morgan fingerprint density at radius 2 is 1.45 bits per heavy atom. The summed E-state index contributed by atoms with van der Waals surface area (Å²) in [5, 5.41) is 0. The highest BCUT2D eigenvalue weighted by molar-refractivity contribution is 7.91. The molecule has 0 aliphatic carbocycles. The summed E-state index contributed by atoms with van der Waals surface area (Å²) in [4.78, 5) is -0.255. The second-order valence-corrected chi connectivity index (χ2v) is 5.79. The Kier molecular flexibility index (Phi) is 3.71. The standard InChI is InChI=1S/C13H9F3O3S/c14-13(15,16)19-10-5-4-8-12(9-10)20(17,18)11-6-2-1-3-7-11/h1-9H. The fourth-order valence-corrected chi connectivity index (χ4v) is 2.89. The van der Waals surface area contributed by atoms with Crippen molar-refractivity contribution in [2.75, 3.05) is 0 Å². The van der Waals surface area contributed by atoms with Crippen LogP contribution >= 0.6 is 0 Å². The van der Waals surface area contributed by atoms with Crippen LogP contribution in [-0.2, 0) is 9.84 Å². The molecule has 0 saturated carbocycles. The van der Waals surface area contributed by atoms with Crippen LogP contribution in [0.15, 0.2) is 64.4 Å². The third-order valence-electron chi connectivity index (χ3n) is 2.40. The van der Waals surface area contributed by atoms with Gasteiger partial charge in [0.05, 0.1) is 9.79 Å². The number of benzene rings is 2. The van der Waals surface area contributed by atoms with Crippen LogP contribution < -0.4 is 4.74 Å². The molecule has 0 amide bonds. The first-order valence-electron chi connectivity index (χ1n) is 5.45. The maximum atomic E-state index is 12.2. The lowest BCUT2D eigenvalue weighted by molar-refractivity contribution is -0.274. The van der Waals surface area contributed by atoms with Gasteiger partial charge in [0, 0.05) is 0 Å². The molecule has 7 heteroatoms. The number of hydrogen-bond acceptors (Lipinski definition) is 3. The molecule has 0 N–H and O–H groups in total. The second-order valence-electron chi connectivity index (χ2n) is 3.84. The van der Waals surface area contributed by atoms with E-state index in [0.29, 0.717) is 0 Å². The van der Waals surface area contributed by atoms with E-state index < -0.39 is 21.9 Å². The van der Waals surface area contributed by atoms with E-state index in [9.17, 15) is 21.6 Å². The molecule has 0 aromatic heterocycles. The van der Waals surface area contributed by atoms with E-state index in [2.05, 4.69) is 4.74 Å². The molecular weight excluding hydrogens is 293 g/mol. The van der Waals surface area contributed by atoms with Crippen LogP contribution in [0.1, 0.15) is 0 Å². The van der Waals surface area contributed by atoms with Gasteiger partial charge in [-0.25, -0.2) is 8.42 Å². The van der Waals surface area contributed by atoms with Gasteiger partial charge >= 0.3 is 6.36 Å². The molecule has 0 atom stereocenters. The maximum absolute atomic E-state index is 12.2. The molecule has 2 aromatic carbocycles. The van der Waals surface area contributed by atoms with Gasteiger partial charge in [-0.15, -0.1) is 13.2 Å². The van der Waals surface area contributed by atoms with Crippen LogP contribution in [0.5, 0.6) is 5.75 Å².